The summed E-state index contributed by atoms with van der Waals surface area (Å²) in [5.74, 6) is 0.840. The molecule has 5 heteroatoms. The zero-order valence-corrected chi connectivity index (χ0v) is 12.0. The molecule has 0 heterocycles. The third-order valence-corrected chi connectivity index (χ3v) is 3.37. The summed E-state index contributed by atoms with van der Waals surface area (Å²) in [5, 5.41) is 11.9. The van der Waals surface area contributed by atoms with Crippen LogP contribution in [0.15, 0.2) is 0 Å². The fourth-order valence-corrected chi connectivity index (χ4v) is 1.85. The highest BCUT2D eigenvalue weighted by Crippen LogP contribution is 2.20. The molecule has 102 valence electrons. The Hall–Kier alpha value is -0.260. The van der Waals surface area contributed by atoms with Crippen molar-refractivity contribution < 1.29 is 9.90 Å². The van der Waals surface area contributed by atoms with E-state index in [0.29, 0.717) is 6.54 Å². The first-order chi connectivity index (χ1) is 7.93. The predicted octanol–water partition coefficient (Wildman–Crippen LogP) is 0.982. The van der Waals surface area contributed by atoms with E-state index in [1.54, 1.807) is 11.8 Å². The molecule has 0 saturated carbocycles. The second-order valence-electron chi connectivity index (χ2n) is 5.10. The summed E-state index contributed by atoms with van der Waals surface area (Å²) >= 11 is 1.69. The molecule has 0 radical (unpaired) electrons. The van der Waals surface area contributed by atoms with Gasteiger partial charge < -0.3 is 16.2 Å². The minimum Gasteiger partial charge on any atom is -0.396 e. The molecule has 4 nitrogen and oxygen atoms in total. The van der Waals surface area contributed by atoms with Crippen molar-refractivity contribution >= 4 is 17.7 Å². The van der Waals surface area contributed by atoms with Gasteiger partial charge in [0, 0.05) is 13.2 Å². The molecule has 0 aromatic carbocycles. The minimum atomic E-state index is -0.395. The van der Waals surface area contributed by atoms with Crippen molar-refractivity contribution in [2.24, 2.45) is 11.1 Å². The molecular weight excluding hydrogens is 236 g/mol. The molecule has 1 amide bonds. The van der Waals surface area contributed by atoms with Crippen LogP contribution < -0.4 is 11.1 Å². The zero-order valence-electron chi connectivity index (χ0n) is 11.2. The number of carbonyl (C=O) groups excluding carboxylic acids is 1. The molecule has 17 heavy (non-hydrogen) atoms. The Morgan fingerprint density at radius 2 is 2.18 bits per heavy atom. The summed E-state index contributed by atoms with van der Waals surface area (Å²) < 4.78 is 0. The van der Waals surface area contributed by atoms with Gasteiger partial charge in [-0.15, -0.1) is 0 Å². The summed E-state index contributed by atoms with van der Waals surface area (Å²) in [4.78, 5) is 11.5. The van der Waals surface area contributed by atoms with Crippen LogP contribution in [0.1, 0.15) is 33.1 Å². The standard InChI is InChI=1S/C12H26N2O2S/c1-12(2,9-15)6-4-7-14-11(16)10(13)5-8-17-3/h10,15H,4-9,13H2,1-3H3,(H,14,16). The Bertz CT molecular complexity index is 223. The highest BCUT2D eigenvalue weighted by Gasteiger charge is 2.16. The van der Waals surface area contributed by atoms with Crippen LogP contribution >= 0.6 is 11.8 Å². The fraction of sp³-hybridized carbons (Fsp3) is 0.917. The quantitative estimate of drug-likeness (QED) is 0.542. The molecule has 0 aromatic rings. The SMILES string of the molecule is CSCCC(N)C(=O)NCCCC(C)(C)CO. The van der Waals surface area contributed by atoms with Crippen molar-refractivity contribution in [3.8, 4) is 0 Å². The van der Waals surface area contributed by atoms with Crippen molar-refractivity contribution in [3.05, 3.63) is 0 Å². The van der Waals surface area contributed by atoms with Crippen LogP contribution in [-0.4, -0.2) is 42.2 Å². The van der Waals surface area contributed by atoms with Crippen molar-refractivity contribution in [1.82, 2.24) is 5.32 Å². The van der Waals surface area contributed by atoms with Crippen molar-refractivity contribution in [2.75, 3.05) is 25.2 Å². The Kier molecular flexibility index (Phi) is 8.64. The van der Waals surface area contributed by atoms with Gasteiger partial charge in [-0.1, -0.05) is 13.8 Å². The smallest absolute Gasteiger partial charge is 0.236 e. The highest BCUT2D eigenvalue weighted by molar-refractivity contribution is 7.98. The Labute approximate surface area is 109 Å². The van der Waals surface area contributed by atoms with Gasteiger partial charge in [-0.25, -0.2) is 0 Å². The number of hydrogen-bond donors (Lipinski definition) is 3. The lowest BCUT2D eigenvalue weighted by Crippen LogP contribution is -2.41. The maximum atomic E-state index is 11.5. The van der Waals surface area contributed by atoms with Gasteiger partial charge in [-0.05, 0) is 36.7 Å². The number of nitrogens with one attached hydrogen (secondary N) is 1. The average Bonchev–Trinajstić information content (AvgIpc) is 2.31. The fourth-order valence-electron chi connectivity index (χ4n) is 1.36. The number of hydrogen-bond acceptors (Lipinski definition) is 4. The Morgan fingerprint density at radius 1 is 1.53 bits per heavy atom. The molecule has 0 spiro atoms. The molecule has 1 unspecified atom stereocenters. The molecule has 0 aromatic heterocycles. The largest absolute Gasteiger partial charge is 0.396 e. The summed E-state index contributed by atoms with van der Waals surface area (Å²) in [5.41, 5.74) is 5.67. The number of nitrogens with two attached hydrogens (primary N) is 1. The van der Waals surface area contributed by atoms with Gasteiger partial charge in [-0.2, -0.15) is 11.8 Å². The van der Waals surface area contributed by atoms with Gasteiger partial charge in [0.1, 0.15) is 0 Å². The topological polar surface area (TPSA) is 75.4 Å². The van der Waals surface area contributed by atoms with E-state index < -0.39 is 6.04 Å². The van der Waals surface area contributed by atoms with Gasteiger partial charge in [0.25, 0.3) is 0 Å². The van der Waals surface area contributed by atoms with E-state index in [9.17, 15) is 4.79 Å². The zero-order chi connectivity index (χ0) is 13.3. The molecule has 0 aliphatic heterocycles. The maximum absolute atomic E-state index is 11.5. The van der Waals surface area contributed by atoms with Gasteiger partial charge in [0.15, 0.2) is 0 Å². The lowest BCUT2D eigenvalue weighted by Gasteiger charge is -2.21. The van der Waals surface area contributed by atoms with Crippen LogP contribution in [0.3, 0.4) is 0 Å². The lowest BCUT2D eigenvalue weighted by molar-refractivity contribution is -0.122. The van der Waals surface area contributed by atoms with E-state index in [4.69, 9.17) is 10.8 Å². The Balaban J connectivity index is 3.64. The number of carbonyl (C=O) groups is 1. The van der Waals surface area contributed by atoms with Crippen molar-refractivity contribution in [2.45, 2.75) is 39.2 Å². The van der Waals surface area contributed by atoms with Crippen LogP contribution in [0.5, 0.6) is 0 Å². The molecule has 0 aliphatic carbocycles. The first-order valence-corrected chi connectivity index (χ1v) is 7.45. The molecule has 0 saturated heterocycles. The summed E-state index contributed by atoms with van der Waals surface area (Å²) in [6, 6.07) is -0.395. The van der Waals surface area contributed by atoms with Crippen LogP contribution in [0.25, 0.3) is 0 Å². The van der Waals surface area contributed by atoms with E-state index in [-0.39, 0.29) is 17.9 Å². The van der Waals surface area contributed by atoms with Crippen LogP contribution in [0, 0.1) is 5.41 Å². The molecule has 0 rings (SSSR count). The Morgan fingerprint density at radius 3 is 2.71 bits per heavy atom. The maximum Gasteiger partial charge on any atom is 0.236 e. The third-order valence-electron chi connectivity index (χ3n) is 2.73. The summed E-state index contributed by atoms with van der Waals surface area (Å²) in [7, 11) is 0. The van der Waals surface area contributed by atoms with E-state index in [1.165, 1.54) is 0 Å². The minimum absolute atomic E-state index is 0.0638. The molecule has 0 aliphatic rings. The van der Waals surface area contributed by atoms with E-state index in [2.05, 4.69) is 5.32 Å². The molecule has 4 N–H and O–H groups in total. The van der Waals surface area contributed by atoms with Crippen LogP contribution in [0.2, 0.25) is 0 Å². The monoisotopic (exact) mass is 262 g/mol. The van der Waals surface area contributed by atoms with E-state index >= 15 is 0 Å². The first-order valence-electron chi connectivity index (χ1n) is 6.06. The van der Waals surface area contributed by atoms with Gasteiger partial charge in [-0.3, -0.25) is 4.79 Å². The number of aliphatic hydroxyl groups is 1. The highest BCUT2D eigenvalue weighted by atomic mass is 32.2. The molecule has 0 fully saturated rings. The van der Waals surface area contributed by atoms with E-state index in [0.717, 1.165) is 25.0 Å². The second-order valence-corrected chi connectivity index (χ2v) is 6.09. The number of thioether (sulfide) groups is 1. The predicted molar refractivity (Wildman–Crippen MR) is 74.1 cm³/mol. The van der Waals surface area contributed by atoms with Crippen molar-refractivity contribution in [3.63, 3.8) is 0 Å². The van der Waals surface area contributed by atoms with Gasteiger partial charge >= 0.3 is 0 Å². The van der Waals surface area contributed by atoms with Crippen LogP contribution in [0.4, 0.5) is 0 Å². The number of aliphatic hydroxyl groups excluding tert-OH is 1. The lowest BCUT2D eigenvalue weighted by atomic mass is 9.89. The first kappa shape index (κ1) is 16.7. The summed E-state index contributed by atoms with van der Waals surface area (Å²) in [6.45, 7) is 4.83. The van der Waals surface area contributed by atoms with Crippen LogP contribution in [-0.2, 0) is 4.79 Å². The number of rotatable bonds is 9. The molecule has 1 atom stereocenters. The van der Waals surface area contributed by atoms with Gasteiger partial charge in [0.2, 0.25) is 5.91 Å². The normalized spacial score (nSPS) is 13.5. The average molecular weight is 262 g/mol. The van der Waals surface area contributed by atoms with E-state index in [1.807, 2.05) is 20.1 Å². The van der Waals surface area contributed by atoms with Gasteiger partial charge in [0.05, 0.1) is 6.04 Å². The summed E-state index contributed by atoms with van der Waals surface area (Å²) in [6.07, 6.45) is 4.48. The number of amides is 1. The molecular formula is C12H26N2O2S. The third kappa shape index (κ3) is 8.46. The molecule has 0 bridgehead atoms. The van der Waals surface area contributed by atoms with Crippen molar-refractivity contribution in [1.29, 1.82) is 0 Å². The second kappa shape index (κ2) is 8.78.